The molecule has 37 heavy (non-hydrogen) atoms. The lowest BCUT2D eigenvalue weighted by Crippen LogP contribution is -2.60. The summed E-state index contributed by atoms with van der Waals surface area (Å²) in [4.78, 5) is 42.4. The standard InChI is InChI=1S/C30H41N3O4/c1-6-11-23-14-10-15-25(18-23)19-26(31-22(2)34)20-27-28(35)32(21-24-12-8-7-9-13-24)16-17-33(27)29(36)37-30(3,4)5/h7-10,12-15,18,26-27H,6,11,16-17,19-21H2,1-5H3,(H,31,34)/t26-,27-/m0/s1. The van der Waals surface area contributed by atoms with Gasteiger partial charge in [0, 0.05) is 32.6 Å². The van der Waals surface area contributed by atoms with Gasteiger partial charge in [0.25, 0.3) is 0 Å². The summed E-state index contributed by atoms with van der Waals surface area (Å²) in [5, 5.41) is 3.03. The number of piperazine rings is 1. The van der Waals surface area contributed by atoms with Crippen LogP contribution in [0.25, 0.3) is 0 Å². The summed E-state index contributed by atoms with van der Waals surface area (Å²) in [5.41, 5.74) is 2.70. The number of carbonyl (C=O) groups excluding carboxylic acids is 3. The fraction of sp³-hybridized carbons (Fsp3) is 0.500. The number of nitrogens with zero attached hydrogens (tertiary/aromatic N) is 2. The SMILES string of the molecule is CCCc1cccc(C[C@@H](C[C@H]2C(=O)N(Cc3ccccc3)CCN2C(=O)OC(C)(C)C)NC(C)=O)c1. The number of nitrogens with one attached hydrogen (secondary N) is 1. The van der Waals surface area contributed by atoms with Crippen molar-refractivity contribution in [2.45, 2.75) is 84.5 Å². The number of hydrogen-bond acceptors (Lipinski definition) is 4. The summed E-state index contributed by atoms with van der Waals surface area (Å²) in [6.45, 7) is 10.3. The van der Waals surface area contributed by atoms with Gasteiger partial charge in [-0.15, -0.1) is 0 Å². The molecule has 1 fully saturated rings. The van der Waals surface area contributed by atoms with E-state index in [-0.39, 0.29) is 17.9 Å². The highest BCUT2D eigenvalue weighted by Gasteiger charge is 2.40. The Hall–Kier alpha value is -3.35. The zero-order valence-electron chi connectivity index (χ0n) is 22.8. The average Bonchev–Trinajstić information content (AvgIpc) is 2.81. The molecule has 2 atom stereocenters. The lowest BCUT2D eigenvalue weighted by Gasteiger charge is -2.42. The molecule has 2 aromatic rings. The normalized spacial score (nSPS) is 16.9. The highest BCUT2D eigenvalue weighted by molar-refractivity contribution is 5.87. The molecule has 3 amide bonds. The molecule has 1 saturated heterocycles. The summed E-state index contributed by atoms with van der Waals surface area (Å²) in [5.74, 6) is -0.293. The molecule has 0 radical (unpaired) electrons. The van der Waals surface area contributed by atoms with Crippen molar-refractivity contribution in [1.82, 2.24) is 15.1 Å². The van der Waals surface area contributed by atoms with E-state index in [4.69, 9.17) is 4.74 Å². The van der Waals surface area contributed by atoms with Crippen LogP contribution in [-0.2, 0) is 33.7 Å². The molecule has 7 heteroatoms. The smallest absolute Gasteiger partial charge is 0.411 e. The van der Waals surface area contributed by atoms with Crippen LogP contribution in [0.4, 0.5) is 4.79 Å². The molecule has 0 aliphatic carbocycles. The van der Waals surface area contributed by atoms with Crippen LogP contribution in [0.15, 0.2) is 54.6 Å². The number of carbonyl (C=O) groups is 3. The second-order valence-corrected chi connectivity index (χ2v) is 10.8. The number of rotatable bonds is 9. The van der Waals surface area contributed by atoms with Gasteiger partial charge in [0.1, 0.15) is 11.6 Å². The maximum absolute atomic E-state index is 13.8. The first-order chi connectivity index (χ1) is 17.6. The van der Waals surface area contributed by atoms with Crippen LogP contribution in [0.2, 0.25) is 0 Å². The largest absolute Gasteiger partial charge is 0.444 e. The fourth-order valence-corrected chi connectivity index (χ4v) is 4.80. The minimum absolute atomic E-state index is 0.129. The van der Waals surface area contributed by atoms with Gasteiger partial charge in [-0.25, -0.2) is 4.79 Å². The van der Waals surface area contributed by atoms with Gasteiger partial charge < -0.3 is 15.0 Å². The first kappa shape index (κ1) is 28.2. The van der Waals surface area contributed by atoms with E-state index in [1.54, 1.807) is 4.90 Å². The van der Waals surface area contributed by atoms with Crippen molar-refractivity contribution in [1.29, 1.82) is 0 Å². The highest BCUT2D eigenvalue weighted by Crippen LogP contribution is 2.23. The van der Waals surface area contributed by atoms with E-state index in [1.807, 2.05) is 63.2 Å². The van der Waals surface area contributed by atoms with Crippen molar-refractivity contribution >= 4 is 17.9 Å². The van der Waals surface area contributed by atoms with Gasteiger partial charge in [-0.3, -0.25) is 14.5 Å². The van der Waals surface area contributed by atoms with Crippen molar-refractivity contribution in [2.75, 3.05) is 13.1 Å². The molecular formula is C30H41N3O4. The second-order valence-electron chi connectivity index (χ2n) is 10.8. The number of benzene rings is 2. The lowest BCUT2D eigenvalue weighted by molar-refractivity contribution is -0.143. The highest BCUT2D eigenvalue weighted by atomic mass is 16.6. The van der Waals surface area contributed by atoms with Crippen LogP contribution in [0.3, 0.4) is 0 Å². The lowest BCUT2D eigenvalue weighted by atomic mass is 9.95. The average molecular weight is 508 g/mol. The monoisotopic (exact) mass is 507 g/mol. The van der Waals surface area contributed by atoms with Gasteiger partial charge in [-0.2, -0.15) is 0 Å². The molecule has 0 aromatic heterocycles. The Morgan fingerprint density at radius 1 is 1.03 bits per heavy atom. The maximum Gasteiger partial charge on any atom is 0.411 e. The summed E-state index contributed by atoms with van der Waals surface area (Å²) < 4.78 is 5.66. The maximum atomic E-state index is 13.8. The second kappa shape index (κ2) is 12.7. The van der Waals surface area contributed by atoms with Crippen LogP contribution < -0.4 is 5.32 Å². The Morgan fingerprint density at radius 2 is 1.70 bits per heavy atom. The zero-order valence-corrected chi connectivity index (χ0v) is 22.8. The van der Waals surface area contributed by atoms with Crippen molar-refractivity contribution in [2.24, 2.45) is 0 Å². The molecule has 0 unspecified atom stereocenters. The van der Waals surface area contributed by atoms with E-state index in [1.165, 1.54) is 17.4 Å². The molecule has 1 aliphatic heterocycles. The third kappa shape index (κ3) is 8.62. The minimum Gasteiger partial charge on any atom is -0.444 e. The Labute approximate surface area is 221 Å². The Morgan fingerprint density at radius 3 is 2.35 bits per heavy atom. The van der Waals surface area contributed by atoms with E-state index in [9.17, 15) is 14.4 Å². The Balaban J connectivity index is 1.86. The Kier molecular flexibility index (Phi) is 9.73. The number of ether oxygens (including phenoxy) is 1. The summed E-state index contributed by atoms with van der Waals surface area (Å²) in [6, 6.07) is 17.1. The van der Waals surface area contributed by atoms with Crippen molar-refractivity contribution < 1.29 is 19.1 Å². The van der Waals surface area contributed by atoms with Crippen LogP contribution in [0.5, 0.6) is 0 Å². The van der Waals surface area contributed by atoms with Gasteiger partial charge in [0.2, 0.25) is 11.8 Å². The summed E-state index contributed by atoms with van der Waals surface area (Å²) in [6.07, 6.45) is 2.41. The molecule has 0 spiro atoms. The third-order valence-electron chi connectivity index (χ3n) is 6.36. The van der Waals surface area contributed by atoms with Crippen LogP contribution in [-0.4, -0.2) is 58.5 Å². The third-order valence-corrected chi connectivity index (χ3v) is 6.36. The van der Waals surface area contributed by atoms with Crippen LogP contribution in [0.1, 0.15) is 64.2 Å². The summed E-state index contributed by atoms with van der Waals surface area (Å²) in [7, 11) is 0. The zero-order chi connectivity index (χ0) is 27.0. The molecular weight excluding hydrogens is 466 g/mol. The first-order valence-corrected chi connectivity index (χ1v) is 13.2. The predicted molar refractivity (Wildman–Crippen MR) is 145 cm³/mol. The molecule has 1 heterocycles. The van der Waals surface area contributed by atoms with E-state index in [2.05, 4.69) is 24.4 Å². The van der Waals surface area contributed by atoms with Gasteiger partial charge in [-0.1, -0.05) is 67.9 Å². The molecule has 1 aliphatic rings. The first-order valence-electron chi connectivity index (χ1n) is 13.2. The van der Waals surface area contributed by atoms with Crippen molar-refractivity contribution in [3.05, 3.63) is 71.3 Å². The van der Waals surface area contributed by atoms with Crippen molar-refractivity contribution in [3.8, 4) is 0 Å². The van der Waals surface area contributed by atoms with Crippen LogP contribution >= 0.6 is 0 Å². The quantitative estimate of drug-likeness (QED) is 0.533. The minimum atomic E-state index is -0.733. The van der Waals surface area contributed by atoms with E-state index in [0.29, 0.717) is 32.5 Å². The topological polar surface area (TPSA) is 79.0 Å². The Bertz CT molecular complexity index is 1060. The summed E-state index contributed by atoms with van der Waals surface area (Å²) >= 11 is 0. The molecule has 1 N–H and O–H groups in total. The molecule has 7 nitrogen and oxygen atoms in total. The molecule has 2 aromatic carbocycles. The van der Waals surface area contributed by atoms with E-state index >= 15 is 0 Å². The molecule has 3 rings (SSSR count). The fourth-order valence-electron chi connectivity index (χ4n) is 4.80. The van der Waals surface area contributed by atoms with Gasteiger partial charge in [0.05, 0.1) is 0 Å². The van der Waals surface area contributed by atoms with Crippen molar-refractivity contribution in [3.63, 3.8) is 0 Å². The van der Waals surface area contributed by atoms with Gasteiger partial charge >= 0.3 is 6.09 Å². The van der Waals surface area contributed by atoms with Crippen LogP contribution in [0, 0.1) is 0 Å². The van der Waals surface area contributed by atoms with Gasteiger partial charge in [-0.05, 0) is 56.7 Å². The molecule has 200 valence electrons. The number of hydrogen-bond donors (Lipinski definition) is 1. The predicted octanol–water partition coefficient (Wildman–Crippen LogP) is 4.72. The van der Waals surface area contributed by atoms with E-state index in [0.717, 1.165) is 24.0 Å². The molecule has 0 bridgehead atoms. The molecule has 0 saturated carbocycles. The number of aryl methyl sites for hydroxylation is 1. The number of amides is 3. The van der Waals surface area contributed by atoms with E-state index < -0.39 is 17.7 Å². The van der Waals surface area contributed by atoms with Gasteiger partial charge in [0.15, 0.2) is 0 Å².